The molecule has 1 aromatic heterocycles. The van der Waals surface area contributed by atoms with E-state index < -0.39 is 23.8 Å². The van der Waals surface area contributed by atoms with Crippen molar-refractivity contribution in [3.63, 3.8) is 0 Å². The molecule has 2 N–H and O–H groups in total. The van der Waals surface area contributed by atoms with Crippen LogP contribution < -0.4 is 5.32 Å². The lowest BCUT2D eigenvalue weighted by Gasteiger charge is -2.18. The lowest BCUT2D eigenvalue weighted by molar-refractivity contribution is -0.154. The van der Waals surface area contributed by atoms with E-state index in [0.717, 1.165) is 16.5 Å². The van der Waals surface area contributed by atoms with Gasteiger partial charge >= 0.3 is 5.97 Å². The third-order valence-electron chi connectivity index (χ3n) is 4.97. The number of hydrogen-bond donors (Lipinski definition) is 2. The highest BCUT2D eigenvalue weighted by Crippen LogP contribution is 2.23. The van der Waals surface area contributed by atoms with Crippen LogP contribution in [-0.4, -0.2) is 16.9 Å². The molecule has 1 amide bonds. The van der Waals surface area contributed by atoms with Gasteiger partial charge in [-0.1, -0.05) is 48.5 Å². The van der Waals surface area contributed by atoms with Crippen molar-refractivity contribution >= 4 is 28.5 Å². The average molecular weight is 416 g/mol. The molecule has 3 aromatic carbocycles. The number of fused-ring (bicyclic) bond motifs is 1. The van der Waals surface area contributed by atoms with Gasteiger partial charge in [0.05, 0.1) is 0 Å². The van der Waals surface area contributed by atoms with Gasteiger partial charge in [-0.25, -0.2) is 4.39 Å². The molecule has 0 spiro atoms. The van der Waals surface area contributed by atoms with Gasteiger partial charge in [-0.3, -0.25) is 9.59 Å². The Labute approximate surface area is 178 Å². The Bertz CT molecular complexity index is 1190. The first kappa shape index (κ1) is 20.3. The van der Waals surface area contributed by atoms with Crippen LogP contribution in [0.5, 0.6) is 0 Å². The molecule has 0 fully saturated rings. The van der Waals surface area contributed by atoms with Crippen LogP contribution in [-0.2, 0) is 20.7 Å². The maximum absolute atomic E-state index is 13.1. The number of aromatic amines is 1. The van der Waals surface area contributed by atoms with Crippen molar-refractivity contribution in [3.8, 4) is 0 Å². The van der Waals surface area contributed by atoms with Gasteiger partial charge < -0.3 is 15.0 Å². The van der Waals surface area contributed by atoms with Crippen LogP contribution in [0.15, 0.2) is 85.1 Å². The summed E-state index contributed by atoms with van der Waals surface area (Å²) in [6.45, 7) is 0. The molecule has 4 aromatic rings. The summed E-state index contributed by atoms with van der Waals surface area (Å²) in [5.74, 6) is -1.38. The van der Waals surface area contributed by atoms with Crippen LogP contribution in [0, 0.1) is 5.82 Å². The number of halogens is 1. The van der Waals surface area contributed by atoms with Crippen LogP contribution in [0.2, 0.25) is 0 Å². The molecule has 31 heavy (non-hydrogen) atoms. The standard InChI is InChI=1S/C25H21FN2O3/c26-19-11-13-20(14-12-19)28-25(30)24(17-6-2-1-3-7-17)31-23(29)15-10-18-16-27-22-9-5-4-8-21(18)22/h1-9,11-14,16,24,27H,10,15H2,(H,28,30)/t24-/m1/s1. The SMILES string of the molecule is O=C(CCc1c[nH]c2ccccc12)O[C@@H](C(=O)Nc1ccc(F)cc1)c1ccccc1. The summed E-state index contributed by atoms with van der Waals surface area (Å²) >= 11 is 0. The van der Waals surface area contributed by atoms with Crippen molar-refractivity contribution < 1.29 is 18.7 Å². The first-order chi connectivity index (χ1) is 15.1. The molecule has 0 radical (unpaired) electrons. The lowest BCUT2D eigenvalue weighted by Crippen LogP contribution is -2.26. The van der Waals surface area contributed by atoms with Gasteiger partial charge in [-0.2, -0.15) is 0 Å². The molecule has 6 heteroatoms. The summed E-state index contributed by atoms with van der Waals surface area (Å²) in [7, 11) is 0. The zero-order chi connectivity index (χ0) is 21.6. The summed E-state index contributed by atoms with van der Waals surface area (Å²) in [4.78, 5) is 28.6. The number of rotatable bonds is 7. The Morgan fingerprint density at radius 1 is 0.935 bits per heavy atom. The Kier molecular flexibility index (Phi) is 6.08. The normalized spacial score (nSPS) is 11.8. The number of aryl methyl sites for hydroxylation is 1. The molecule has 0 bridgehead atoms. The second-order valence-corrected chi connectivity index (χ2v) is 7.14. The molecular weight excluding hydrogens is 395 g/mol. The number of carbonyl (C=O) groups excluding carboxylic acids is 2. The van der Waals surface area contributed by atoms with Crippen LogP contribution >= 0.6 is 0 Å². The predicted molar refractivity (Wildman–Crippen MR) is 117 cm³/mol. The number of anilines is 1. The largest absolute Gasteiger partial charge is 0.447 e. The third kappa shape index (κ3) is 4.98. The predicted octanol–water partition coefficient (Wildman–Crippen LogP) is 5.16. The van der Waals surface area contributed by atoms with Gasteiger partial charge in [0.2, 0.25) is 6.10 Å². The van der Waals surface area contributed by atoms with E-state index in [9.17, 15) is 14.0 Å². The lowest BCUT2D eigenvalue weighted by atomic mass is 10.1. The minimum Gasteiger partial charge on any atom is -0.447 e. The summed E-state index contributed by atoms with van der Waals surface area (Å²) in [6, 6.07) is 22.1. The molecule has 0 aliphatic carbocycles. The Morgan fingerprint density at radius 2 is 1.65 bits per heavy atom. The van der Waals surface area contributed by atoms with Crippen LogP contribution in [0.3, 0.4) is 0 Å². The topological polar surface area (TPSA) is 71.2 Å². The fraction of sp³-hybridized carbons (Fsp3) is 0.120. The highest BCUT2D eigenvalue weighted by atomic mass is 19.1. The zero-order valence-electron chi connectivity index (χ0n) is 16.7. The van der Waals surface area contributed by atoms with Crippen molar-refractivity contribution in [2.24, 2.45) is 0 Å². The first-order valence-corrected chi connectivity index (χ1v) is 9.96. The molecule has 1 heterocycles. The molecule has 5 nitrogen and oxygen atoms in total. The summed E-state index contributed by atoms with van der Waals surface area (Å²) in [5, 5.41) is 3.74. The van der Waals surface area contributed by atoms with E-state index >= 15 is 0 Å². The Balaban J connectivity index is 1.45. The van der Waals surface area contributed by atoms with Crippen LogP contribution in [0.4, 0.5) is 10.1 Å². The highest BCUT2D eigenvalue weighted by Gasteiger charge is 2.25. The first-order valence-electron chi connectivity index (χ1n) is 9.96. The fourth-order valence-electron chi connectivity index (χ4n) is 3.41. The zero-order valence-corrected chi connectivity index (χ0v) is 16.7. The molecule has 156 valence electrons. The van der Waals surface area contributed by atoms with E-state index in [-0.39, 0.29) is 6.42 Å². The highest BCUT2D eigenvalue weighted by molar-refractivity contribution is 5.96. The number of ether oxygens (including phenoxy) is 1. The average Bonchev–Trinajstić information content (AvgIpc) is 3.21. The van der Waals surface area contributed by atoms with E-state index in [1.165, 1.54) is 24.3 Å². The van der Waals surface area contributed by atoms with Gasteiger partial charge in [0, 0.05) is 34.8 Å². The molecule has 0 aliphatic rings. The van der Waals surface area contributed by atoms with Gasteiger partial charge in [-0.05, 0) is 42.3 Å². The summed E-state index contributed by atoms with van der Waals surface area (Å²) in [6.07, 6.45) is 1.40. The minimum atomic E-state index is -1.11. The van der Waals surface area contributed by atoms with Crippen molar-refractivity contribution in [1.29, 1.82) is 0 Å². The maximum Gasteiger partial charge on any atom is 0.307 e. The fourth-order valence-corrected chi connectivity index (χ4v) is 3.41. The van der Waals surface area contributed by atoms with Crippen molar-refractivity contribution in [1.82, 2.24) is 4.98 Å². The minimum absolute atomic E-state index is 0.134. The smallest absolute Gasteiger partial charge is 0.307 e. The summed E-state index contributed by atoms with van der Waals surface area (Å²) in [5.41, 5.74) is 3.00. The van der Waals surface area contributed by atoms with Gasteiger partial charge in [0.1, 0.15) is 5.82 Å². The number of esters is 1. The molecule has 1 atom stereocenters. The van der Waals surface area contributed by atoms with Crippen LogP contribution in [0.1, 0.15) is 23.7 Å². The second-order valence-electron chi connectivity index (χ2n) is 7.14. The molecule has 0 aliphatic heterocycles. The van der Waals surface area contributed by atoms with Crippen molar-refractivity contribution in [2.45, 2.75) is 18.9 Å². The number of benzene rings is 3. The van der Waals surface area contributed by atoms with E-state index in [0.29, 0.717) is 17.7 Å². The Morgan fingerprint density at radius 3 is 2.42 bits per heavy atom. The van der Waals surface area contributed by atoms with E-state index in [1.54, 1.807) is 24.3 Å². The number of aromatic nitrogens is 1. The number of nitrogens with one attached hydrogen (secondary N) is 2. The third-order valence-corrected chi connectivity index (χ3v) is 4.97. The monoisotopic (exact) mass is 416 g/mol. The van der Waals surface area contributed by atoms with Crippen LogP contribution in [0.25, 0.3) is 10.9 Å². The van der Waals surface area contributed by atoms with E-state index in [2.05, 4.69) is 10.3 Å². The molecular formula is C25H21FN2O3. The maximum atomic E-state index is 13.1. The number of para-hydroxylation sites is 1. The number of carbonyl (C=O) groups is 2. The quantitative estimate of drug-likeness (QED) is 0.409. The van der Waals surface area contributed by atoms with Crippen molar-refractivity contribution in [2.75, 3.05) is 5.32 Å². The van der Waals surface area contributed by atoms with E-state index in [4.69, 9.17) is 4.74 Å². The number of H-pyrrole nitrogens is 1. The summed E-state index contributed by atoms with van der Waals surface area (Å²) < 4.78 is 18.7. The second kappa shape index (κ2) is 9.26. The number of hydrogen-bond acceptors (Lipinski definition) is 3. The molecule has 0 unspecified atom stereocenters. The van der Waals surface area contributed by atoms with E-state index in [1.807, 2.05) is 36.5 Å². The van der Waals surface area contributed by atoms with Crippen molar-refractivity contribution in [3.05, 3.63) is 102 Å². The van der Waals surface area contributed by atoms with Gasteiger partial charge in [-0.15, -0.1) is 0 Å². The number of amides is 1. The molecule has 4 rings (SSSR count). The molecule has 0 saturated carbocycles. The Hall–Kier alpha value is -3.93. The van der Waals surface area contributed by atoms with Gasteiger partial charge in [0.25, 0.3) is 5.91 Å². The molecule has 0 saturated heterocycles. The van der Waals surface area contributed by atoms with Gasteiger partial charge in [0.15, 0.2) is 0 Å².